The molecule has 76 valence electrons. The molecular formula is C15H16. The van der Waals surface area contributed by atoms with Crippen LogP contribution in [-0.4, -0.2) is 0 Å². The zero-order chi connectivity index (χ0) is 10.5. The molecule has 0 nitrogen and oxygen atoms in total. The van der Waals surface area contributed by atoms with Crippen molar-refractivity contribution in [3.8, 4) is 0 Å². The predicted molar refractivity (Wildman–Crippen MR) is 65.0 cm³/mol. The van der Waals surface area contributed by atoms with Crippen molar-refractivity contribution in [3.63, 3.8) is 0 Å². The van der Waals surface area contributed by atoms with Crippen molar-refractivity contribution >= 4 is 0 Å². The average Bonchev–Trinajstić information content (AvgIpc) is 2.33. The Morgan fingerprint density at radius 2 is 1.13 bits per heavy atom. The Labute approximate surface area is 91.6 Å². The maximum Gasteiger partial charge on any atom is 0.00867 e. The molecule has 0 N–H and O–H groups in total. The van der Waals surface area contributed by atoms with E-state index in [1.54, 1.807) is 0 Å². The van der Waals surface area contributed by atoms with Crippen LogP contribution in [0, 0.1) is 0 Å². The first-order valence-electron chi connectivity index (χ1n) is 5.51. The van der Waals surface area contributed by atoms with E-state index in [2.05, 4.69) is 67.6 Å². The van der Waals surface area contributed by atoms with E-state index in [4.69, 9.17) is 0 Å². The van der Waals surface area contributed by atoms with E-state index in [-0.39, 0.29) is 0 Å². The lowest BCUT2D eigenvalue weighted by atomic mass is 9.89. The fraction of sp³-hybridized carbons (Fsp3) is 0.200. The zero-order valence-electron chi connectivity index (χ0n) is 9.06. The first-order valence-corrected chi connectivity index (χ1v) is 5.51. The molecule has 0 aliphatic heterocycles. The van der Waals surface area contributed by atoms with Crippen LogP contribution >= 0.6 is 0 Å². The normalized spacial score (nSPS) is 10.5. The molecule has 0 bridgehead atoms. The maximum absolute atomic E-state index is 2.24. The van der Waals surface area contributed by atoms with Crippen LogP contribution in [-0.2, 0) is 0 Å². The van der Waals surface area contributed by atoms with Crippen molar-refractivity contribution in [1.82, 2.24) is 0 Å². The SMILES string of the molecule is CCC(c1ccccc1)c1ccccc1. The van der Waals surface area contributed by atoms with Gasteiger partial charge in [0.1, 0.15) is 0 Å². The molecule has 0 heterocycles. The van der Waals surface area contributed by atoms with E-state index < -0.39 is 0 Å². The van der Waals surface area contributed by atoms with Gasteiger partial charge in [-0.2, -0.15) is 0 Å². The van der Waals surface area contributed by atoms with E-state index in [0.717, 1.165) is 6.42 Å². The molecule has 0 spiro atoms. The van der Waals surface area contributed by atoms with Crippen molar-refractivity contribution < 1.29 is 0 Å². The minimum Gasteiger partial charge on any atom is -0.0645 e. The smallest absolute Gasteiger partial charge is 0.00867 e. The van der Waals surface area contributed by atoms with Crippen molar-refractivity contribution in [2.75, 3.05) is 0 Å². The second-order valence-electron chi connectivity index (χ2n) is 3.78. The highest BCUT2D eigenvalue weighted by Crippen LogP contribution is 2.26. The molecule has 0 aliphatic carbocycles. The van der Waals surface area contributed by atoms with Crippen LogP contribution in [0.25, 0.3) is 0 Å². The van der Waals surface area contributed by atoms with E-state index in [0.29, 0.717) is 5.92 Å². The Hall–Kier alpha value is -1.56. The van der Waals surface area contributed by atoms with Gasteiger partial charge >= 0.3 is 0 Å². The fourth-order valence-corrected chi connectivity index (χ4v) is 2.03. The van der Waals surface area contributed by atoms with Gasteiger partial charge in [0.25, 0.3) is 0 Å². The number of hydrogen-bond acceptors (Lipinski definition) is 0. The number of benzene rings is 2. The molecule has 0 aromatic heterocycles. The molecule has 0 saturated heterocycles. The maximum atomic E-state index is 2.24. The molecule has 0 atom stereocenters. The molecule has 0 fully saturated rings. The first-order chi connectivity index (χ1) is 7.42. The molecule has 0 heteroatoms. The summed E-state index contributed by atoms with van der Waals surface area (Å²) in [6.45, 7) is 2.24. The Kier molecular flexibility index (Phi) is 3.18. The van der Waals surface area contributed by atoms with Gasteiger partial charge in [0, 0.05) is 5.92 Å². The van der Waals surface area contributed by atoms with E-state index in [1.807, 2.05) is 0 Å². The van der Waals surface area contributed by atoms with Crippen LogP contribution in [0.3, 0.4) is 0 Å². The Morgan fingerprint density at radius 1 is 0.733 bits per heavy atom. The van der Waals surface area contributed by atoms with Gasteiger partial charge in [0.15, 0.2) is 0 Å². The molecule has 2 aromatic carbocycles. The second-order valence-corrected chi connectivity index (χ2v) is 3.78. The molecule has 2 rings (SSSR count). The van der Waals surface area contributed by atoms with Gasteiger partial charge in [0.2, 0.25) is 0 Å². The lowest BCUT2D eigenvalue weighted by Crippen LogP contribution is -1.98. The van der Waals surface area contributed by atoms with E-state index >= 15 is 0 Å². The van der Waals surface area contributed by atoms with Crippen LogP contribution in [0.15, 0.2) is 60.7 Å². The summed E-state index contributed by atoms with van der Waals surface area (Å²) in [5.41, 5.74) is 2.82. The van der Waals surface area contributed by atoms with Crippen LogP contribution < -0.4 is 0 Å². The fourth-order valence-electron chi connectivity index (χ4n) is 2.03. The van der Waals surface area contributed by atoms with Crippen molar-refractivity contribution in [2.45, 2.75) is 19.3 Å². The summed E-state index contributed by atoms with van der Waals surface area (Å²) in [4.78, 5) is 0. The molecule has 0 radical (unpaired) electrons. The largest absolute Gasteiger partial charge is 0.0645 e. The topological polar surface area (TPSA) is 0 Å². The predicted octanol–water partition coefficient (Wildman–Crippen LogP) is 4.23. The van der Waals surface area contributed by atoms with Gasteiger partial charge in [0.05, 0.1) is 0 Å². The number of rotatable bonds is 3. The van der Waals surface area contributed by atoms with Crippen LogP contribution in [0.2, 0.25) is 0 Å². The average molecular weight is 196 g/mol. The quantitative estimate of drug-likeness (QED) is 0.689. The highest BCUT2D eigenvalue weighted by molar-refractivity contribution is 5.31. The van der Waals surface area contributed by atoms with Crippen molar-refractivity contribution in [2.24, 2.45) is 0 Å². The molecule has 0 amide bonds. The third kappa shape index (κ3) is 2.27. The van der Waals surface area contributed by atoms with Gasteiger partial charge in [-0.15, -0.1) is 0 Å². The Balaban J connectivity index is 2.34. The number of hydrogen-bond donors (Lipinski definition) is 0. The first kappa shape index (κ1) is 9.97. The van der Waals surface area contributed by atoms with Crippen molar-refractivity contribution in [1.29, 1.82) is 0 Å². The minimum absolute atomic E-state index is 0.535. The summed E-state index contributed by atoms with van der Waals surface area (Å²) in [5, 5.41) is 0. The monoisotopic (exact) mass is 196 g/mol. The van der Waals surface area contributed by atoms with E-state index in [9.17, 15) is 0 Å². The summed E-state index contributed by atoms with van der Waals surface area (Å²) in [6, 6.07) is 21.4. The van der Waals surface area contributed by atoms with Gasteiger partial charge in [-0.1, -0.05) is 67.6 Å². The highest BCUT2D eigenvalue weighted by atomic mass is 14.1. The standard InChI is InChI=1S/C15H16/c1-2-15(13-9-5-3-6-10-13)14-11-7-4-8-12-14/h3-12,15H,2H2,1H3. The molecular weight excluding hydrogens is 180 g/mol. The summed E-state index contributed by atoms with van der Waals surface area (Å²) in [6.07, 6.45) is 1.15. The van der Waals surface area contributed by atoms with Crippen molar-refractivity contribution in [3.05, 3.63) is 71.8 Å². The van der Waals surface area contributed by atoms with E-state index in [1.165, 1.54) is 11.1 Å². The highest BCUT2D eigenvalue weighted by Gasteiger charge is 2.10. The third-order valence-electron chi connectivity index (χ3n) is 2.81. The van der Waals surface area contributed by atoms with Crippen LogP contribution in [0.5, 0.6) is 0 Å². The second kappa shape index (κ2) is 4.79. The Bertz CT molecular complexity index is 349. The molecule has 2 aromatic rings. The lowest BCUT2D eigenvalue weighted by molar-refractivity contribution is 0.777. The molecule has 15 heavy (non-hydrogen) atoms. The van der Waals surface area contributed by atoms with Gasteiger partial charge < -0.3 is 0 Å². The zero-order valence-corrected chi connectivity index (χ0v) is 9.06. The van der Waals surface area contributed by atoms with Gasteiger partial charge in [-0.05, 0) is 17.5 Å². The molecule has 0 unspecified atom stereocenters. The van der Waals surface area contributed by atoms with Crippen LogP contribution in [0.1, 0.15) is 30.4 Å². The molecule has 0 aliphatic rings. The lowest BCUT2D eigenvalue weighted by Gasteiger charge is -2.15. The minimum atomic E-state index is 0.535. The van der Waals surface area contributed by atoms with Crippen LogP contribution in [0.4, 0.5) is 0 Å². The molecule has 0 saturated carbocycles. The summed E-state index contributed by atoms with van der Waals surface area (Å²) < 4.78 is 0. The Morgan fingerprint density at radius 3 is 1.47 bits per heavy atom. The third-order valence-corrected chi connectivity index (χ3v) is 2.81. The summed E-state index contributed by atoms with van der Waals surface area (Å²) in [7, 11) is 0. The summed E-state index contributed by atoms with van der Waals surface area (Å²) in [5.74, 6) is 0.535. The van der Waals surface area contributed by atoms with Gasteiger partial charge in [-0.3, -0.25) is 0 Å². The summed E-state index contributed by atoms with van der Waals surface area (Å²) >= 11 is 0. The van der Waals surface area contributed by atoms with Gasteiger partial charge in [-0.25, -0.2) is 0 Å².